The van der Waals surface area contributed by atoms with Gasteiger partial charge in [-0.3, -0.25) is 4.79 Å². The molecule has 0 radical (unpaired) electrons. The fourth-order valence-electron chi connectivity index (χ4n) is 1.94. The fourth-order valence-corrected chi connectivity index (χ4v) is 1.94. The van der Waals surface area contributed by atoms with Gasteiger partial charge in [0.15, 0.2) is 5.76 Å². The lowest BCUT2D eigenvalue weighted by molar-refractivity contribution is 0.101. The highest BCUT2D eigenvalue weighted by Crippen LogP contribution is 2.37. The molecular weight excluding hydrogens is 216 g/mol. The minimum absolute atomic E-state index is 0.0273. The quantitative estimate of drug-likeness (QED) is 0.734. The number of carbonyl (C=O) groups is 1. The molecule has 0 atom stereocenters. The molecule has 2 rings (SSSR count). The summed E-state index contributed by atoms with van der Waals surface area (Å²) in [5, 5.41) is 0. The second-order valence-corrected chi connectivity index (χ2v) is 4.31. The second kappa shape index (κ2) is 4.24. The van der Waals surface area contributed by atoms with Crippen LogP contribution in [-0.2, 0) is 0 Å². The molecule has 1 aliphatic rings. The molecule has 0 N–H and O–H groups in total. The first-order valence-electron chi connectivity index (χ1n) is 5.72. The number of benzene rings is 1. The van der Waals surface area contributed by atoms with Crippen molar-refractivity contribution in [3.05, 3.63) is 34.6 Å². The highest BCUT2D eigenvalue weighted by Gasteiger charge is 2.30. The van der Waals surface area contributed by atoms with E-state index in [4.69, 9.17) is 9.47 Å². The number of ether oxygens (including phenoxy) is 2. The smallest absolute Gasteiger partial charge is 0.232 e. The number of aryl methyl sites for hydroxylation is 1. The van der Waals surface area contributed by atoms with Crippen molar-refractivity contribution >= 4 is 5.78 Å². The van der Waals surface area contributed by atoms with E-state index in [0.717, 1.165) is 16.9 Å². The molecule has 90 valence electrons. The molecule has 17 heavy (non-hydrogen) atoms. The Bertz CT molecular complexity index is 508. The van der Waals surface area contributed by atoms with Crippen LogP contribution in [0.4, 0.5) is 0 Å². The van der Waals surface area contributed by atoms with Crippen LogP contribution in [-0.4, -0.2) is 12.4 Å². The fraction of sp³-hybridized carbons (Fsp3) is 0.357. The van der Waals surface area contributed by atoms with Crippen LogP contribution < -0.4 is 9.47 Å². The van der Waals surface area contributed by atoms with E-state index in [1.165, 1.54) is 0 Å². The van der Waals surface area contributed by atoms with Gasteiger partial charge in [0.1, 0.15) is 11.5 Å². The number of Topliss-reactive ketones (excluding diaryl/α,β-unsaturated/α-hetero) is 1. The molecule has 0 aliphatic carbocycles. The van der Waals surface area contributed by atoms with Crippen LogP contribution in [0.3, 0.4) is 0 Å². The number of rotatable bonds is 2. The molecule has 1 aromatic rings. The number of ketones is 1. The summed E-state index contributed by atoms with van der Waals surface area (Å²) in [4.78, 5) is 12.1. The highest BCUT2D eigenvalue weighted by atomic mass is 16.5. The normalized spacial score (nSPS) is 13.4. The molecule has 1 aliphatic heterocycles. The van der Waals surface area contributed by atoms with Gasteiger partial charge in [-0.25, -0.2) is 0 Å². The zero-order chi connectivity index (χ0) is 12.6. The maximum Gasteiger partial charge on any atom is 0.232 e. The van der Waals surface area contributed by atoms with Gasteiger partial charge in [-0.2, -0.15) is 0 Å². The molecule has 0 fully saturated rings. The monoisotopic (exact) mass is 232 g/mol. The Kier molecular flexibility index (Phi) is 2.92. The molecule has 1 heterocycles. The van der Waals surface area contributed by atoms with Crippen molar-refractivity contribution in [3.8, 4) is 11.5 Å². The molecule has 3 nitrogen and oxygen atoms in total. The van der Waals surface area contributed by atoms with Gasteiger partial charge in [0, 0.05) is 6.07 Å². The third-order valence-corrected chi connectivity index (χ3v) is 2.68. The van der Waals surface area contributed by atoms with Gasteiger partial charge in [0.05, 0.1) is 12.2 Å². The van der Waals surface area contributed by atoms with E-state index in [0.29, 0.717) is 23.7 Å². The SMILES string of the molecule is CCOc1cc(C)c2c(c1)OC(=C(C)C)C2=O. The Balaban J connectivity index is 2.52. The van der Waals surface area contributed by atoms with Crippen molar-refractivity contribution < 1.29 is 14.3 Å². The van der Waals surface area contributed by atoms with E-state index < -0.39 is 0 Å². The van der Waals surface area contributed by atoms with Gasteiger partial charge in [-0.1, -0.05) is 0 Å². The summed E-state index contributed by atoms with van der Waals surface area (Å²) < 4.78 is 11.0. The predicted molar refractivity (Wildman–Crippen MR) is 65.7 cm³/mol. The Hall–Kier alpha value is -1.77. The summed E-state index contributed by atoms with van der Waals surface area (Å²) in [7, 11) is 0. The average molecular weight is 232 g/mol. The van der Waals surface area contributed by atoms with Gasteiger partial charge in [-0.15, -0.1) is 0 Å². The van der Waals surface area contributed by atoms with Crippen LogP contribution in [0.25, 0.3) is 0 Å². The Morgan fingerprint density at radius 2 is 2.06 bits per heavy atom. The Morgan fingerprint density at radius 1 is 1.35 bits per heavy atom. The number of allylic oxidation sites excluding steroid dienone is 2. The van der Waals surface area contributed by atoms with E-state index in [9.17, 15) is 4.79 Å². The number of hydrogen-bond acceptors (Lipinski definition) is 3. The lowest BCUT2D eigenvalue weighted by Gasteiger charge is -2.06. The van der Waals surface area contributed by atoms with Crippen LogP contribution in [0.2, 0.25) is 0 Å². The minimum Gasteiger partial charge on any atom is -0.494 e. The number of carbonyl (C=O) groups excluding carboxylic acids is 1. The highest BCUT2D eigenvalue weighted by molar-refractivity contribution is 6.13. The Morgan fingerprint density at radius 3 is 2.65 bits per heavy atom. The molecular formula is C14H16O3. The zero-order valence-corrected chi connectivity index (χ0v) is 10.6. The predicted octanol–water partition coefficient (Wildman–Crippen LogP) is 3.26. The zero-order valence-electron chi connectivity index (χ0n) is 10.6. The number of hydrogen-bond donors (Lipinski definition) is 0. The summed E-state index contributed by atoms with van der Waals surface area (Å²) in [6.45, 7) is 8.17. The van der Waals surface area contributed by atoms with Crippen LogP contribution in [0.1, 0.15) is 36.7 Å². The molecule has 0 bridgehead atoms. The Labute approximate surface area is 101 Å². The molecule has 0 saturated heterocycles. The molecule has 0 unspecified atom stereocenters. The van der Waals surface area contributed by atoms with Gasteiger partial charge < -0.3 is 9.47 Å². The molecule has 0 spiro atoms. The largest absolute Gasteiger partial charge is 0.494 e. The van der Waals surface area contributed by atoms with Crippen LogP contribution >= 0.6 is 0 Å². The molecule has 0 amide bonds. The lowest BCUT2D eigenvalue weighted by atomic mass is 10.0. The minimum atomic E-state index is -0.0273. The van der Waals surface area contributed by atoms with Gasteiger partial charge in [0.25, 0.3) is 0 Å². The van der Waals surface area contributed by atoms with Crippen LogP contribution in [0.15, 0.2) is 23.5 Å². The van der Waals surface area contributed by atoms with Gasteiger partial charge in [-0.05, 0) is 44.9 Å². The third-order valence-electron chi connectivity index (χ3n) is 2.68. The standard InChI is InChI=1S/C14H16O3/c1-5-16-10-6-9(4)12-11(7-10)17-14(8(2)3)13(12)15/h6-7H,5H2,1-4H3. The van der Waals surface area contributed by atoms with Gasteiger partial charge >= 0.3 is 0 Å². The van der Waals surface area contributed by atoms with E-state index in [-0.39, 0.29) is 5.78 Å². The summed E-state index contributed by atoms with van der Waals surface area (Å²) in [6, 6.07) is 3.65. The van der Waals surface area contributed by atoms with Crippen LogP contribution in [0.5, 0.6) is 11.5 Å². The van der Waals surface area contributed by atoms with E-state index in [1.807, 2.05) is 33.8 Å². The first-order valence-corrected chi connectivity index (χ1v) is 5.72. The van der Waals surface area contributed by atoms with Crippen LogP contribution in [0, 0.1) is 6.92 Å². The van der Waals surface area contributed by atoms with Crippen molar-refractivity contribution in [1.29, 1.82) is 0 Å². The second-order valence-electron chi connectivity index (χ2n) is 4.31. The molecule has 0 aromatic heterocycles. The average Bonchev–Trinajstić information content (AvgIpc) is 2.56. The molecule has 3 heteroatoms. The first-order chi connectivity index (χ1) is 8.04. The third kappa shape index (κ3) is 1.93. The topological polar surface area (TPSA) is 35.5 Å². The maximum absolute atomic E-state index is 12.1. The number of fused-ring (bicyclic) bond motifs is 1. The van der Waals surface area contributed by atoms with E-state index in [1.54, 1.807) is 6.07 Å². The summed E-state index contributed by atoms with van der Waals surface area (Å²) in [6.07, 6.45) is 0. The van der Waals surface area contributed by atoms with Crippen molar-refractivity contribution in [2.75, 3.05) is 6.61 Å². The molecule has 1 aromatic carbocycles. The summed E-state index contributed by atoms with van der Waals surface area (Å²) >= 11 is 0. The summed E-state index contributed by atoms with van der Waals surface area (Å²) in [5.74, 6) is 1.76. The van der Waals surface area contributed by atoms with E-state index >= 15 is 0 Å². The molecule has 0 saturated carbocycles. The maximum atomic E-state index is 12.1. The van der Waals surface area contributed by atoms with Crippen molar-refractivity contribution in [3.63, 3.8) is 0 Å². The lowest BCUT2D eigenvalue weighted by Crippen LogP contribution is -2.01. The van der Waals surface area contributed by atoms with Gasteiger partial charge in [0.2, 0.25) is 5.78 Å². The summed E-state index contributed by atoms with van der Waals surface area (Å²) in [5.41, 5.74) is 2.44. The first kappa shape index (κ1) is 11.7. The van der Waals surface area contributed by atoms with Crippen molar-refractivity contribution in [2.45, 2.75) is 27.7 Å². The van der Waals surface area contributed by atoms with E-state index in [2.05, 4.69) is 0 Å². The van der Waals surface area contributed by atoms with Crippen molar-refractivity contribution in [1.82, 2.24) is 0 Å². The van der Waals surface area contributed by atoms with Crippen molar-refractivity contribution in [2.24, 2.45) is 0 Å².